The number of hydrogen-bond acceptors (Lipinski definition) is 5. The van der Waals surface area contributed by atoms with Gasteiger partial charge in [0.05, 0.1) is 6.20 Å². The monoisotopic (exact) mass is 375 g/mol. The van der Waals surface area contributed by atoms with Gasteiger partial charge >= 0.3 is 0 Å². The van der Waals surface area contributed by atoms with Gasteiger partial charge in [-0.3, -0.25) is 9.30 Å². The standard InChI is InChI=1S/C22H25N5O/c1-3-13-26(14-4-2)22-25-24-21-12-9-16(15-27(21)22)28-20-11-10-19(23)17-7-5-6-8-18(17)20/h3-9,12-15,19-20H,10-11,23H2,1-2H3/b13-3+,14-4+/t19-,20+/m0/s1. The predicted octanol–water partition coefficient (Wildman–Crippen LogP) is 4.52. The van der Waals surface area contributed by atoms with Crippen LogP contribution in [0.15, 0.2) is 67.1 Å². The van der Waals surface area contributed by atoms with Crippen LogP contribution < -0.4 is 15.4 Å². The number of allylic oxidation sites excluding steroid dienone is 2. The first-order valence-electron chi connectivity index (χ1n) is 9.61. The van der Waals surface area contributed by atoms with E-state index < -0.39 is 0 Å². The van der Waals surface area contributed by atoms with E-state index in [9.17, 15) is 0 Å². The summed E-state index contributed by atoms with van der Waals surface area (Å²) in [4.78, 5) is 1.93. The van der Waals surface area contributed by atoms with Crippen molar-refractivity contribution in [3.63, 3.8) is 0 Å². The molecule has 0 spiro atoms. The Kier molecular flexibility index (Phi) is 5.12. The number of pyridine rings is 1. The van der Waals surface area contributed by atoms with Crippen LogP contribution in [-0.2, 0) is 0 Å². The van der Waals surface area contributed by atoms with E-state index >= 15 is 0 Å². The molecule has 28 heavy (non-hydrogen) atoms. The summed E-state index contributed by atoms with van der Waals surface area (Å²) < 4.78 is 8.32. The van der Waals surface area contributed by atoms with Crippen LogP contribution in [0.2, 0.25) is 0 Å². The quantitative estimate of drug-likeness (QED) is 0.710. The number of ether oxygens (including phenoxy) is 1. The van der Waals surface area contributed by atoms with Gasteiger partial charge in [0.15, 0.2) is 5.65 Å². The highest BCUT2D eigenvalue weighted by molar-refractivity contribution is 5.51. The Labute approximate surface area is 164 Å². The minimum atomic E-state index is -0.00411. The highest BCUT2D eigenvalue weighted by Gasteiger charge is 2.26. The van der Waals surface area contributed by atoms with Crippen LogP contribution >= 0.6 is 0 Å². The first kappa shape index (κ1) is 18.3. The zero-order valence-electron chi connectivity index (χ0n) is 16.2. The largest absolute Gasteiger partial charge is 0.484 e. The van der Waals surface area contributed by atoms with Crippen molar-refractivity contribution in [2.75, 3.05) is 4.90 Å². The fourth-order valence-electron chi connectivity index (χ4n) is 3.68. The second-order valence-corrected chi connectivity index (χ2v) is 6.88. The maximum absolute atomic E-state index is 6.38. The van der Waals surface area contributed by atoms with E-state index in [1.54, 1.807) is 0 Å². The van der Waals surface area contributed by atoms with E-state index in [1.165, 1.54) is 11.1 Å². The maximum atomic E-state index is 6.38. The van der Waals surface area contributed by atoms with Crippen molar-refractivity contribution in [3.05, 3.63) is 78.3 Å². The molecule has 6 nitrogen and oxygen atoms in total. The third-order valence-electron chi connectivity index (χ3n) is 4.97. The number of anilines is 1. The van der Waals surface area contributed by atoms with E-state index in [2.05, 4.69) is 22.3 Å². The van der Waals surface area contributed by atoms with E-state index in [0.717, 1.165) is 24.2 Å². The molecule has 0 radical (unpaired) electrons. The lowest BCUT2D eigenvalue weighted by atomic mass is 9.86. The van der Waals surface area contributed by atoms with Gasteiger partial charge in [0.1, 0.15) is 11.9 Å². The minimum absolute atomic E-state index is 0.00411. The second kappa shape index (κ2) is 7.86. The molecule has 2 atom stereocenters. The van der Waals surface area contributed by atoms with E-state index in [0.29, 0.717) is 5.95 Å². The number of nitrogens with two attached hydrogens (primary N) is 1. The Morgan fingerprint density at radius 2 is 1.79 bits per heavy atom. The van der Waals surface area contributed by atoms with Crippen molar-refractivity contribution >= 4 is 11.6 Å². The first-order chi connectivity index (χ1) is 13.7. The van der Waals surface area contributed by atoms with Crippen molar-refractivity contribution in [2.45, 2.75) is 38.8 Å². The molecule has 1 aliphatic rings. The lowest BCUT2D eigenvalue weighted by Crippen LogP contribution is -2.23. The topological polar surface area (TPSA) is 68.7 Å². The summed E-state index contributed by atoms with van der Waals surface area (Å²) in [7, 11) is 0. The van der Waals surface area contributed by atoms with Crippen LogP contribution in [0.5, 0.6) is 5.75 Å². The third-order valence-corrected chi connectivity index (χ3v) is 4.97. The average molecular weight is 375 g/mol. The first-order valence-corrected chi connectivity index (χ1v) is 9.61. The molecular formula is C22H25N5O. The molecule has 0 unspecified atom stereocenters. The lowest BCUT2D eigenvalue weighted by Gasteiger charge is -2.30. The molecule has 4 rings (SSSR count). The summed E-state index contributed by atoms with van der Waals surface area (Å²) >= 11 is 0. The SMILES string of the molecule is C/C=C/N(/C=C/C)c1nnc2ccc(O[C@@H]3CC[C@H](N)c4ccccc43)cn12. The fourth-order valence-corrected chi connectivity index (χ4v) is 3.68. The number of nitrogens with zero attached hydrogens (tertiary/aromatic N) is 4. The zero-order chi connectivity index (χ0) is 19.5. The van der Waals surface area contributed by atoms with Crippen molar-refractivity contribution in [3.8, 4) is 5.75 Å². The summed E-state index contributed by atoms with van der Waals surface area (Å²) in [5.41, 5.74) is 9.40. The van der Waals surface area contributed by atoms with Crippen LogP contribution in [-0.4, -0.2) is 14.6 Å². The van der Waals surface area contributed by atoms with Crippen LogP contribution in [0.1, 0.15) is 50.0 Å². The van der Waals surface area contributed by atoms with Crippen LogP contribution in [0.3, 0.4) is 0 Å². The van der Waals surface area contributed by atoms with Crippen LogP contribution in [0.25, 0.3) is 5.65 Å². The Balaban J connectivity index is 1.67. The van der Waals surface area contributed by atoms with Gasteiger partial charge in [-0.2, -0.15) is 0 Å². The lowest BCUT2D eigenvalue weighted by molar-refractivity contribution is 0.176. The van der Waals surface area contributed by atoms with Crippen molar-refractivity contribution in [1.82, 2.24) is 14.6 Å². The number of hydrogen-bond donors (Lipinski definition) is 1. The maximum Gasteiger partial charge on any atom is 0.239 e. The van der Waals surface area contributed by atoms with Gasteiger partial charge in [0.25, 0.3) is 0 Å². The van der Waals surface area contributed by atoms with Crippen molar-refractivity contribution in [2.24, 2.45) is 5.73 Å². The van der Waals surface area contributed by atoms with Crippen molar-refractivity contribution < 1.29 is 4.74 Å². The molecule has 6 heteroatoms. The molecule has 1 aromatic carbocycles. The van der Waals surface area contributed by atoms with E-state index in [4.69, 9.17) is 10.5 Å². The van der Waals surface area contributed by atoms with Gasteiger partial charge in [-0.15, -0.1) is 10.2 Å². The second-order valence-electron chi connectivity index (χ2n) is 6.88. The van der Waals surface area contributed by atoms with E-state index in [-0.39, 0.29) is 12.1 Å². The van der Waals surface area contributed by atoms with Gasteiger partial charge in [-0.1, -0.05) is 36.4 Å². The van der Waals surface area contributed by atoms with Gasteiger partial charge < -0.3 is 10.5 Å². The Bertz CT molecular complexity index is 1010. The predicted molar refractivity (Wildman–Crippen MR) is 111 cm³/mol. The molecule has 0 amide bonds. The molecule has 1 aliphatic carbocycles. The summed E-state index contributed by atoms with van der Waals surface area (Å²) in [6.07, 6.45) is 11.6. The molecule has 0 saturated heterocycles. The molecule has 0 fully saturated rings. The normalized spacial score (nSPS) is 19.4. The number of aromatic nitrogens is 3. The van der Waals surface area contributed by atoms with Gasteiger partial charge in [0, 0.05) is 18.4 Å². The molecule has 0 saturated carbocycles. The van der Waals surface area contributed by atoms with Gasteiger partial charge in [-0.05, 0) is 49.9 Å². The number of rotatable bonds is 5. The molecule has 2 N–H and O–H groups in total. The fraction of sp³-hybridized carbons (Fsp3) is 0.273. The summed E-state index contributed by atoms with van der Waals surface area (Å²) in [6.45, 7) is 3.94. The van der Waals surface area contributed by atoms with E-state index in [1.807, 2.05) is 78.2 Å². The van der Waals surface area contributed by atoms with Crippen LogP contribution in [0.4, 0.5) is 5.95 Å². The highest BCUT2D eigenvalue weighted by atomic mass is 16.5. The summed E-state index contributed by atoms with van der Waals surface area (Å²) in [5, 5.41) is 8.60. The summed E-state index contributed by atoms with van der Waals surface area (Å²) in [6, 6.07) is 12.2. The highest BCUT2D eigenvalue weighted by Crippen LogP contribution is 2.37. The van der Waals surface area contributed by atoms with Gasteiger partial charge in [-0.25, -0.2) is 0 Å². The average Bonchev–Trinajstić information content (AvgIpc) is 3.13. The molecule has 2 heterocycles. The third kappa shape index (κ3) is 3.39. The zero-order valence-corrected chi connectivity index (χ0v) is 16.2. The number of fused-ring (bicyclic) bond motifs is 2. The minimum Gasteiger partial charge on any atom is -0.484 e. The van der Waals surface area contributed by atoms with Crippen LogP contribution in [0, 0.1) is 0 Å². The molecule has 3 aromatic rings. The number of benzene rings is 1. The molecule has 0 aliphatic heterocycles. The Hall–Kier alpha value is -3.12. The molecule has 0 bridgehead atoms. The molecule has 2 aromatic heterocycles. The Morgan fingerprint density at radius 1 is 1.04 bits per heavy atom. The molecule has 144 valence electrons. The summed E-state index contributed by atoms with van der Waals surface area (Å²) in [5.74, 6) is 1.49. The Morgan fingerprint density at radius 3 is 2.54 bits per heavy atom. The van der Waals surface area contributed by atoms with Crippen molar-refractivity contribution in [1.29, 1.82) is 0 Å². The molecular weight excluding hydrogens is 350 g/mol. The van der Waals surface area contributed by atoms with Gasteiger partial charge in [0.2, 0.25) is 5.95 Å². The smallest absolute Gasteiger partial charge is 0.239 e.